The summed E-state index contributed by atoms with van der Waals surface area (Å²) in [5, 5.41) is 3.99. The molecule has 0 N–H and O–H groups in total. The molecule has 1 atom stereocenters. The molecule has 90 valence electrons. The SMILES string of the molecule is CC(C)c1noc([C@@H](C)N2CCOCC2)n1. The highest BCUT2D eigenvalue weighted by atomic mass is 16.5. The minimum atomic E-state index is 0.184. The average molecular weight is 225 g/mol. The highest BCUT2D eigenvalue weighted by Gasteiger charge is 2.23. The lowest BCUT2D eigenvalue weighted by atomic mass is 10.2. The summed E-state index contributed by atoms with van der Waals surface area (Å²) in [5.41, 5.74) is 0. The van der Waals surface area contributed by atoms with Crippen LogP contribution in [-0.2, 0) is 4.74 Å². The van der Waals surface area contributed by atoms with Crippen molar-refractivity contribution >= 4 is 0 Å². The summed E-state index contributed by atoms with van der Waals surface area (Å²) < 4.78 is 10.6. The molecule has 2 heterocycles. The number of morpholine rings is 1. The van der Waals surface area contributed by atoms with Crippen molar-refractivity contribution in [3.63, 3.8) is 0 Å². The van der Waals surface area contributed by atoms with E-state index in [1.165, 1.54) is 0 Å². The molecule has 1 aliphatic rings. The molecule has 1 aromatic rings. The van der Waals surface area contributed by atoms with E-state index in [1.807, 2.05) is 0 Å². The fraction of sp³-hybridized carbons (Fsp3) is 0.818. The van der Waals surface area contributed by atoms with Gasteiger partial charge in [0.25, 0.3) is 0 Å². The van der Waals surface area contributed by atoms with Crippen molar-refractivity contribution in [3.8, 4) is 0 Å². The lowest BCUT2D eigenvalue weighted by Gasteiger charge is -2.29. The third-order valence-corrected chi connectivity index (χ3v) is 2.92. The Morgan fingerprint density at radius 1 is 1.19 bits per heavy atom. The van der Waals surface area contributed by atoms with Crippen LogP contribution in [0.1, 0.15) is 44.4 Å². The van der Waals surface area contributed by atoms with Crippen LogP contribution in [0, 0.1) is 0 Å². The van der Waals surface area contributed by atoms with E-state index in [9.17, 15) is 0 Å². The van der Waals surface area contributed by atoms with E-state index in [4.69, 9.17) is 9.26 Å². The van der Waals surface area contributed by atoms with Gasteiger partial charge in [0.1, 0.15) is 0 Å². The van der Waals surface area contributed by atoms with Crippen LogP contribution in [0.5, 0.6) is 0 Å². The molecule has 0 radical (unpaired) electrons. The fourth-order valence-electron chi connectivity index (χ4n) is 1.77. The molecule has 1 saturated heterocycles. The van der Waals surface area contributed by atoms with E-state index >= 15 is 0 Å². The number of hydrogen-bond donors (Lipinski definition) is 0. The van der Waals surface area contributed by atoms with Crippen molar-refractivity contribution in [3.05, 3.63) is 11.7 Å². The quantitative estimate of drug-likeness (QED) is 0.781. The van der Waals surface area contributed by atoms with Gasteiger partial charge in [-0.3, -0.25) is 4.90 Å². The van der Waals surface area contributed by atoms with E-state index < -0.39 is 0 Å². The molecule has 1 fully saturated rings. The predicted octanol–water partition coefficient (Wildman–Crippen LogP) is 1.59. The van der Waals surface area contributed by atoms with Crippen molar-refractivity contribution in [2.24, 2.45) is 0 Å². The van der Waals surface area contributed by atoms with Gasteiger partial charge in [0, 0.05) is 19.0 Å². The van der Waals surface area contributed by atoms with Crippen LogP contribution in [0.2, 0.25) is 0 Å². The number of nitrogens with zero attached hydrogens (tertiary/aromatic N) is 3. The molecule has 0 bridgehead atoms. The molecule has 0 aromatic carbocycles. The zero-order valence-corrected chi connectivity index (χ0v) is 10.1. The Bertz CT molecular complexity index is 332. The van der Waals surface area contributed by atoms with Crippen LogP contribution in [0.15, 0.2) is 4.52 Å². The van der Waals surface area contributed by atoms with Crippen LogP contribution in [0.3, 0.4) is 0 Å². The van der Waals surface area contributed by atoms with Gasteiger partial charge < -0.3 is 9.26 Å². The first kappa shape index (κ1) is 11.5. The second kappa shape index (κ2) is 4.93. The van der Waals surface area contributed by atoms with Gasteiger partial charge >= 0.3 is 0 Å². The first-order valence-corrected chi connectivity index (χ1v) is 5.83. The van der Waals surface area contributed by atoms with E-state index in [1.54, 1.807) is 0 Å². The van der Waals surface area contributed by atoms with E-state index in [2.05, 4.69) is 35.8 Å². The van der Waals surface area contributed by atoms with Gasteiger partial charge in [0.2, 0.25) is 5.89 Å². The third-order valence-electron chi connectivity index (χ3n) is 2.92. The largest absolute Gasteiger partial charge is 0.379 e. The van der Waals surface area contributed by atoms with Crippen molar-refractivity contribution in [1.29, 1.82) is 0 Å². The summed E-state index contributed by atoms with van der Waals surface area (Å²) >= 11 is 0. The molecular formula is C11H19N3O2. The van der Waals surface area contributed by atoms with E-state index in [0.29, 0.717) is 11.8 Å². The Morgan fingerprint density at radius 3 is 2.44 bits per heavy atom. The molecule has 16 heavy (non-hydrogen) atoms. The molecule has 0 saturated carbocycles. The lowest BCUT2D eigenvalue weighted by molar-refractivity contribution is 0.0134. The zero-order chi connectivity index (χ0) is 11.5. The number of rotatable bonds is 3. The second-order valence-electron chi connectivity index (χ2n) is 4.47. The Morgan fingerprint density at radius 2 is 1.88 bits per heavy atom. The summed E-state index contributed by atoms with van der Waals surface area (Å²) in [6.45, 7) is 9.66. The highest BCUT2D eigenvalue weighted by Crippen LogP contribution is 2.21. The van der Waals surface area contributed by atoms with Crippen LogP contribution in [-0.4, -0.2) is 41.3 Å². The Kier molecular flexibility index (Phi) is 3.56. The highest BCUT2D eigenvalue weighted by molar-refractivity contribution is 4.95. The minimum Gasteiger partial charge on any atom is -0.379 e. The summed E-state index contributed by atoms with van der Waals surface area (Å²) in [6, 6.07) is 0.184. The number of ether oxygens (including phenoxy) is 1. The lowest BCUT2D eigenvalue weighted by Crippen LogP contribution is -2.38. The normalized spacial score (nSPS) is 20.2. The first-order chi connectivity index (χ1) is 7.68. The smallest absolute Gasteiger partial charge is 0.243 e. The fourth-order valence-corrected chi connectivity index (χ4v) is 1.77. The van der Waals surface area contributed by atoms with Gasteiger partial charge in [-0.2, -0.15) is 4.98 Å². The number of aromatic nitrogens is 2. The maximum Gasteiger partial charge on any atom is 0.243 e. The van der Waals surface area contributed by atoms with Gasteiger partial charge in [-0.1, -0.05) is 19.0 Å². The molecule has 1 aromatic heterocycles. The van der Waals surface area contributed by atoms with E-state index in [-0.39, 0.29) is 6.04 Å². The van der Waals surface area contributed by atoms with Crippen molar-refractivity contribution < 1.29 is 9.26 Å². The van der Waals surface area contributed by atoms with Gasteiger partial charge in [-0.15, -0.1) is 0 Å². The molecule has 5 heteroatoms. The maximum atomic E-state index is 5.32. The Balaban J connectivity index is 2.04. The topological polar surface area (TPSA) is 51.4 Å². The van der Waals surface area contributed by atoms with E-state index in [0.717, 1.165) is 32.1 Å². The summed E-state index contributed by atoms with van der Waals surface area (Å²) in [4.78, 5) is 6.73. The second-order valence-corrected chi connectivity index (χ2v) is 4.47. The molecule has 0 aliphatic carbocycles. The predicted molar refractivity (Wildman–Crippen MR) is 59.2 cm³/mol. The standard InChI is InChI=1S/C11H19N3O2/c1-8(2)10-12-11(16-13-10)9(3)14-4-6-15-7-5-14/h8-9H,4-7H2,1-3H3/t9-/m1/s1. The molecule has 2 rings (SSSR count). The summed E-state index contributed by atoms with van der Waals surface area (Å²) in [5.74, 6) is 1.81. The van der Waals surface area contributed by atoms with Gasteiger partial charge in [0.05, 0.1) is 19.3 Å². The summed E-state index contributed by atoms with van der Waals surface area (Å²) in [7, 11) is 0. The first-order valence-electron chi connectivity index (χ1n) is 5.83. The maximum absolute atomic E-state index is 5.32. The molecule has 0 amide bonds. The number of hydrogen-bond acceptors (Lipinski definition) is 5. The van der Waals surface area contributed by atoms with Crippen LogP contribution >= 0.6 is 0 Å². The Hall–Kier alpha value is -0.940. The monoisotopic (exact) mass is 225 g/mol. The zero-order valence-electron chi connectivity index (χ0n) is 10.1. The van der Waals surface area contributed by atoms with Crippen LogP contribution in [0.25, 0.3) is 0 Å². The van der Waals surface area contributed by atoms with Gasteiger partial charge in [-0.25, -0.2) is 0 Å². The summed E-state index contributed by atoms with van der Waals surface area (Å²) in [6.07, 6.45) is 0. The van der Waals surface area contributed by atoms with Crippen molar-refractivity contribution in [1.82, 2.24) is 15.0 Å². The molecule has 0 unspecified atom stereocenters. The van der Waals surface area contributed by atoms with Gasteiger partial charge in [0.15, 0.2) is 5.82 Å². The van der Waals surface area contributed by atoms with Crippen molar-refractivity contribution in [2.75, 3.05) is 26.3 Å². The van der Waals surface area contributed by atoms with Gasteiger partial charge in [-0.05, 0) is 6.92 Å². The van der Waals surface area contributed by atoms with Crippen LogP contribution < -0.4 is 0 Å². The minimum absolute atomic E-state index is 0.184. The average Bonchev–Trinajstić information content (AvgIpc) is 2.78. The molecule has 0 spiro atoms. The van der Waals surface area contributed by atoms with Crippen LogP contribution in [0.4, 0.5) is 0 Å². The molecular weight excluding hydrogens is 206 g/mol. The van der Waals surface area contributed by atoms with Crippen molar-refractivity contribution in [2.45, 2.75) is 32.7 Å². The molecule has 1 aliphatic heterocycles. The molecule has 5 nitrogen and oxygen atoms in total. The third kappa shape index (κ3) is 2.41. The Labute approximate surface area is 95.8 Å².